The van der Waals surface area contributed by atoms with Gasteiger partial charge in [-0.05, 0) is 38.8 Å². The van der Waals surface area contributed by atoms with Crippen LogP contribution in [0.4, 0.5) is 0 Å². The van der Waals surface area contributed by atoms with Crippen molar-refractivity contribution in [2.75, 3.05) is 33.2 Å². The van der Waals surface area contributed by atoms with Crippen LogP contribution in [0.1, 0.15) is 63.6 Å². The molecule has 150 valence electrons. The zero-order chi connectivity index (χ0) is 19.0. The van der Waals surface area contributed by atoms with E-state index in [4.69, 9.17) is 4.52 Å². The lowest BCUT2D eigenvalue weighted by atomic mass is 9.67. The van der Waals surface area contributed by atoms with Crippen molar-refractivity contribution in [1.29, 1.82) is 0 Å². The van der Waals surface area contributed by atoms with Gasteiger partial charge in [0.05, 0.1) is 12.0 Å². The molecule has 1 N–H and O–H groups in total. The maximum Gasteiger partial charge on any atom is 0.230 e. The van der Waals surface area contributed by atoms with Gasteiger partial charge in [-0.1, -0.05) is 31.8 Å². The summed E-state index contributed by atoms with van der Waals surface area (Å²) < 4.78 is 5.32. The van der Waals surface area contributed by atoms with Gasteiger partial charge in [-0.25, -0.2) is 0 Å². The van der Waals surface area contributed by atoms with E-state index in [1.165, 1.54) is 19.3 Å². The normalized spacial score (nSPS) is 31.1. The van der Waals surface area contributed by atoms with Gasteiger partial charge >= 0.3 is 0 Å². The molecule has 1 unspecified atom stereocenters. The summed E-state index contributed by atoms with van der Waals surface area (Å²) in [6, 6.07) is 0.364. The van der Waals surface area contributed by atoms with E-state index < -0.39 is 0 Å². The summed E-state index contributed by atoms with van der Waals surface area (Å²) >= 11 is 0. The lowest BCUT2D eigenvalue weighted by molar-refractivity contribution is -0.144. The van der Waals surface area contributed by atoms with E-state index in [1.807, 2.05) is 0 Å². The molecule has 7 heteroatoms. The van der Waals surface area contributed by atoms with E-state index in [2.05, 4.69) is 46.2 Å². The van der Waals surface area contributed by atoms with Gasteiger partial charge in [0, 0.05) is 31.6 Å². The number of amides is 1. The minimum Gasteiger partial charge on any atom is -0.341 e. The number of rotatable bonds is 5. The van der Waals surface area contributed by atoms with E-state index >= 15 is 0 Å². The molecular formula is C20H33N5O2. The summed E-state index contributed by atoms with van der Waals surface area (Å²) in [6.45, 7) is 8.34. The Labute approximate surface area is 161 Å². The van der Waals surface area contributed by atoms with E-state index in [0.717, 1.165) is 44.8 Å². The Kier molecular flexibility index (Phi) is 5.25. The monoisotopic (exact) mass is 375 g/mol. The van der Waals surface area contributed by atoms with Crippen LogP contribution in [0.2, 0.25) is 0 Å². The van der Waals surface area contributed by atoms with Gasteiger partial charge in [-0.2, -0.15) is 4.98 Å². The number of nitrogens with one attached hydrogen (secondary N) is 1. The minimum atomic E-state index is -0.133. The Balaban J connectivity index is 1.37. The van der Waals surface area contributed by atoms with Crippen LogP contribution < -0.4 is 5.32 Å². The van der Waals surface area contributed by atoms with Crippen molar-refractivity contribution in [2.24, 2.45) is 11.3 Å². The van der Waals surface area contributed by atoms with Crippen LogP contribution in [-0.2, 0) is 11.3 Å². The number of carbonyl (C=O) groups excluding carboxylic acids is 1. The van der Waals surface area contributed by atoms with Crippen molar-refractivity contribution in [3.63, 3.8) is 0 Å². The van der Waals surface area contributed by atoms with Crippen LogP contribution in [0.15, 0.2) is 4.52 Å². The third-order valence-electron chi connectivity index (χ3n) is 6.91. The number of hydrogen-bond donors (Lipinski definition) is 1. The predicted molar refractivity (Wildman–Crippen MR) is 102 cm³/mol. The molecule has 0 spiro atoms. The Morgan fingerprint density at radius 1 is 1.41 bits per heavy atom. The van der Waals surface area contributed by atoms with Crippen LogP contribution in [0.5, 0.6) is 0 Å². The average Bonchev–Trinajstić information content (AvgIpc) is 3.39. The largest absolute Gasteiger partial charge is 0.341 e. The molecule has 1 aliphatic carbocycles. The van der Waals surface area contributed by atoms with Crippen LogP contribution >= 0.6 is 0 Å². The number of nitrogens with zero attached hydrogens (tertiary/aromatic N) is 4. The van der Waals surface area contributed by atoms with Gasteiger partial charge in [0.15, 0.2) is 5.82 Å². The highest BCUT2D eigenvalue weighted by Crippen LogP contribution is 2.45. The first-order chi connectivity index (χ1) is 13.0. The first-order valence-electron chi connectivity index (χ1n) is 10.5. The van der Waals surface area contributed by atoms with E-state index in [9.17, 15) is 4.79 Å². The molecule has 0 bridgehead atoms. The van der Waals surface area contributed by atoms with Crippen molar-refractivity contribution in [3.05, 3.63) is 11.7 Å². The molecule has 2 aliphatic heterocycles. The lowest BCUT2D eigenvalue weighted by Crippen LogP contribution is -2.49. The second-order valence-corrected chi connectivity index (χ2v) is 9.04. The third kappa shape index (κ3) is 3.51. The highest BCUT2D eigenvalue weighted by atomic mass is 16.5. The highest BCUT2D eigenvalue weighted by Gasteiger charge is 2.52. The number of fused-ring (bicyclic) bond motifs is 1. The fourth-order valence-electron chi connectivity index (χ4n) is 5.19. The van der Waals surface area contributed by atoms with Gasteiger partial charge < -0.3 is 14.7 Å². The summed E-state index contributed by atoms with van der Waals surface area (Å²) in [4.78, 5) is 22.3. The third-order valence-corrected chi connectivity index (χ3v) is 6.91. The molecule has 1 amide bonds. The minimum absolute atomic E-state index is 0.133. The van der Waals surface area contributed by atoms with Gasteiger partial charge in [-0.3, -0.25) is 9.69 Å². The van der Waals surface area contributed by atoms with E-state index in [1.54, 1.807) is 0 Å². The molecule has 2 saturated heterocycles. The number of hydrogen-bond acceptors (Lipinski definition) is 6. The second kappa shape index (κ2) is 7.51. The van der Waals surface area contributed by atoms with Crippen LogP contribution in [0.25, 0.3) is 0 Å². The molecule has 0 aromatic carbocycles. The molecule has 7 nitrogen and oxygen atoms in total. The summed E-state index contributed by atoms with van der Waals surface area (Å²) in [5.74, 6) is 2.60. The summed E-state index contributed by atoms with van der Waals surface area (Å²) in [6.07, 6.45) is 5.74. The fourth-order valence-corrected chi connectivity index (χ4v) is 5.19. The van der Waals surface area contributed by atoms with Crippen molar-refractivity contribution >= 4 is 5.91 Å². The Hall–Kier alpha value is -1.47. The fraction of sp³-hybridized carbons (Fsp3) is 0.850. The predicted octanol–water partition coefficient (Wildman–Crippen LogP) is 2.01. The molecule has 4 rings (SSSR count). The lowest BCUT2D eigenvalue weighted by Gasteiger charge is -2.40. The molecule has 3 aliphatic rings. The van der Waals surface area contributed by atoms with E-state index in [-0.39, 0.29) is 11.3 Å². The second-order valence-electron chi connectivity index (χ2n) is 9.04. The topological polar surface area (TPSA) is 74.5 Å². The standard InChI is InChI=1S/C20H33N5O2/c1-14(2)18-22-17(23-27-18)12-24(3)16-7-9-25(11-16)19(26)20-8-5-4-6-15(20)10-21-13-20/h14-16,21H,4-13H2,1-3H3/t15-,16?,20+/m0/s1. The molecule has 1 aromatic rings. The Morgan fingerprint density at radius 2 is 2.26 bits per heavy atom. The van der Waals surface area contributed by atoms with Crippen molar-refractivity contribution < 1.29 is 9.32 Å². The van der Waals surface area contributed by atoms with Crippen molar-refractivity contribution in [2.45, 2.75) is 64.5 Å². The quantitative estimate of drug-likeness (QED) is 0.849. The zero-order valence-electron chi connectivity index (χ0n) is 16.9. The van der Waals surface area contributed by atoms with Crippen molar-refractivity contribution in [3.8, 4) is 0 Å². The smallest absolute Gasteiger partial charge is 0.230 e. The number of likely N-dealkylation sites (tertiary alicyclic amines) is 1. The molecule has 3 atom stereocenters. The maximum absolute atomic E-state index is 13.4. The Bertz CT molecular complexity index is 675. The summed E-state index contributed by atoms with van der Waals surface area (Å²) in [5, 5.41) is 7.60. The van der Waals surface area contributed by atoms with Gasteiger partial charge in [0.2, 0.25) is 11.8 Å². The Morgan fingerprint density at radius 3 is 3.04 bits per heavy atom. The van der Waals surface area contributed by atoms with Gasteiger partial charge in [0.1, 0.15) is 0 Å². The maximum atomic E-state index is 13.4. The number of aromatic nitrogens is 2. The molecule has 3 heterocycles. The zero-order valence-corrected chi connectivity index (χ0v) is 16.9. The number of carbonyl (C=O) groups is 1. The summed E-state index contributed by atoms with van der Waals surface area (Å²) in [5.41, 5.74) is -0.133. The molecule has 1 aromatic heterocycles. The van der Waals surface area contributed by atoms with Gasteiger partial charge in [-0.15, -0.1) is 0 Å². The van der Waals surface area contributed by atoms with Crippen LogP contribution in [-0.4, -0.2) is 65.1 Å². The number of likely N-dealkylation sites (N-methyl/N-ethyl adjacent to an activating group) is 1. The van der Waals surface area contributed by atoms with Gasteiger partial charge in [0.25, 0.3) is 0 Å². The molecular weight excluding hydrogens is 342 g/mol. The molecule has 1 saturated carbocycles. The van der Waals surface area contributed by atoms with Crippen LogP contribution in [0, 0.1) is 11.3 Å². The molecule has 0 radical (unpaired) electrons. The first kappa shape index (κ1) is 18.9. The van der Waals surface area contributed by atoms with E-state index in [0.29, 0.717) is 30.3 Å². The molecule has 27 heavy (non-hydrogen) atoms. The highest BCUT2D eigenvalue weighted by molar-refractivity contribution is 5.84. The van der Waals surface area contributed by atoms with Crippen molar-refractivity contribution in [1.82, 2.24) is 25.3 Å². The molecule has 3 fully saturated rings. The summed E-state index contributed by atoms with van der Waals surface area (Å²) in [7, 11) is 2.10. The first-order valence-corrected chi connectivity index (χ1v) is 10.5. The van der Waals surface area contributed by atoms with Crippen LogP contribution in [0.3, 0.4) is 0 Å². The average molecular weight is 376 g/mol. The SMILES string of the molecule is CC(C)c1nc(CN(C)C2CCN(C(=O)[C@@]34CCCC[C@H]3CNC4)C2)no1.